The first kappa shape index (κ1) is 29.0. The van der Waals surface area contributed by atoms with E-state index in [1.54, 1.807) is 0 Å². The van der Waals surface area contributed by atoms with Gasteiger partial charge in [-0.05, 0) is 68.4 Å². The molecular formula is C30H42ClN3O3. The Morgan fingerprint density at radius 3 is 2.19 bits per heavy atom. The molecule has 0 aliphatic carbocycles. The first-order valence-corrected chi connectivity index (χ1v) is 13.5. The Labute approximate surface area is 228 Å². The van der Waals surface area contributed by atoms with E-state index in [1.807, 2.05) is 47.4 Å². The molecule has 0 bridgehead atoms. The monoisotopic (exact) mass is 527 g/mol. The van der Waals surface area contributed by atoms with Crippen LogP contribution < -0.4 is 10.1 Å². The number of hydrogen-bond acceptors (Lipinski definition) is 4. The van der Waals surface area contributed by atoms with Gasteiger partial charge in [0.05, 0.1) is 0 Å². The normalized spacial score (nSPS) is 20.5. The Balaban J connectivity index is 0.00000380. The number of rotatable bonds is 9. The molecule has 2 aliphatic rings. The first-order valence-electron chi connectivity index (χ1n) is 13.5. The lowest BCUT2D eigenvalue weighted by Crippen LogP contribution is -2.74. The predicted molar refractivity (Wildman–Crippen MR) is 150 cm³/mol. The maximum Gasteiger partial charge on any atom is 0.246 e. The number of piperidine rings is 1. The molecule has 0 aromatic heterocycles. The quantitative estimate of drug-likeness (QED) is 0.448. The summed E-state index contributed by atoms with van der Waals surface area (Å²) in [5.74, 6) is 2.13. The van der Waals surface area contributed by atoms with Crippen LogP contribution in [0.25, 0.3) is 0 Å². The van der Waals surface area contributed by atoms with Gasteiger partial charge in [-0.2, -0.15) is 0 Å². The summed E-state index contributed by atoms with van der Waals surface area (Å²) in [6.07, 6.45) is 3.93. The van der Waals surface area contributed by atoms with E-state index in [0.29, 0.717) is 25.2 Å². The van der Waals surface area contributed by atoms with Gasteiger partial charge in [-0.1, -0.05) is 57.5 Å². The molecule has 7 heteroatoms. The highest BCUT2D eigenvalue weighted by Gasteiger charge is 2.54. The van der Waals surface area contributed by atoms with Gasteiger partial charge in [0.15, 0.2) is 0 Å². The standard InChI is InChI=1S/C30H41N3O3.ClH/c1-5-9-23(4)33-28(34)27(20-22(2)3)31-29(35)30(33)16-18-32(19-17-30)21-24-12-14-26(15-13-24)36-25-10-7-6-8-11-25;/h6-8,10-15,22-23,27H,5,9,16-21H2,1-4H3,(H,31,35);1H. The highest BCUT2D eigenvalue weighted by molar-refractivity contribution is 6.00. The van der Waals surface area contributed by atoms with Crippen LogP contribution in [0.5, 0.6) is 11.5 Å². The number of piperazine rings is 1. The summed E-state index contributed by atoms with van der Waals surface area (Å²) in [5, 5.41) is 3.11. The van der Waals surface area contributed by atoms with E-state index in [0.717, 1.165) is 44.0 Å². The van der Waals surface area contributed by atoms with Crippen LogP contribution in [0.15, 0.2) is 54.6 Å². The Hall–Kier alpha value is -2.57. The molecule has 2 amide bonds. The molecule has 2 atom stereocenters. The SMILES string of the molecule is CCCC(C)N1C(=O)C(CC(C)C)NC(=O)C12CCN(Cc1ccc(Oc3ccccc3)cc1)CC2.Cl. The molecule has 2 unspecified atom stereocenters. The Morgan fingerprint density at radius 2 is 1.59 bits per heavy atom. The topological polar surface area (TPSA) is 61.9 Å². The Morgan fingerprint density at radius 1 is 0.973 bits per heavy atom. The maximum atomic E-state index is 13.6. The van der Waals surface area contributed by atoms with Gasteiger partial charge in [-0.3, -0.25) is 14.5 Å². The molecule has 2 aromatic carbocycles. The van der Waals surface area contributed by atoms with Crippen molar-refractivity contribution in [3.05, 3.63) is 60.2 Å². The van der Waals surface area contributed by atoms with Gasteiger partial charge in [0, 0.05) is 25.7 Å². The molecule has 202 valence electrons. The number of carbonyl (C=O) groups is 2. The summed E-state index contributed by atoms with van der Waals surface area (Å²) in [5.41, 5.74) is 0.479. The van der Waals surface area contributed by atoms with Crippen LogP contribution >= 0.6 is 12.4 Å². The molecule has 0 radical (unpaired) electrons. The highest BCUT2D eigenvalue weighted by atomic mass is 35.5. The third-order valence-electron chi connectivity index (χ3n) is 7.57. The van der Waals surface area contributed by atoms with Crippen molar-refractivity contribution >= 4 is 24.2 Å². The van der Waals surface area contributed by atoms with E-state index in [2.05, 4.69) is 50.0 Å². The average Bonchev–Trinajstić information content (AvgIpc) is 2.86. The lowest BCUT2D eigenvalue weighted by Gasteiger charge is -2.54. The van der Waals surface area contributed by atoms with Gasteiger partial charge in [0.2, 0.25) is 11.8 Å². The van der Waals surface area contributed by atoms with Crippen molar-refractivity contribution in [2.24, 2.45) is 5.92 Å². The predicted octanol–water partition coefficient (Wildman–Crippen LogP) is 5.80. The van der Waals surface area contributed by atoms with Gasteiger partial charge in [0.25, 0.3) is 0 Å². The minimum atomic E-state index is -0.733. The average molecular weight is 528 g/mol. The van der Waals surface area contributed by atoms with E-state index in [4.69, 9.17) is 4.74 Å². The molecule has 37 heavy (non-hydrogen) atoms. The number of amides is 2. The van der Waals surface area contributed by atoms with Crippen LogP contribution in [-0.2, 0) is 16.1 Å². The van der Waals surface area contributed by atoms with Crippen molar-refractivity contribution in [2.75, 3.05) is 13.1 Å². The van der Waals surface area contributed by atoms with E-state index < -0.39 is 11.6 Å². The Bertz CT molecular complexity index is 1020. The summed E-state index contributed by atoms with van der Waals surface area (Å²) in [4.78, 5) is 31.5. The Kier molecular flexibility index (Phi) is 10.0. The van der Waals surface area contributed by atoms with Crippen molar-refractivity contribution in [3.63, 3.8) is 0 Å². The molecule has 1 spiro atoms. The van der Waals surface area contributed by atoms with Crippen LogP contribution in [0.2, 0.25) is 0 Å². The number of ether oxygens (including phenoxy) is 1. The van der Waals surface area contributed by atoms with Crippen molar-refractivity contribution in [1.82, 2.24) is 15.1 Å². The fourth-order valence-electron chi connectivity index (χ4n) is 5.75. The smallest absolute Gasteiger partial charge is 0.246 e. The largest absolute Gasteiger partial charge is 0.457 e. The van der Waals surface area contributed by atoms with Crippen molar-refractivity contribution in [3.8, 4) is 11.5 Å². The minimum Gasteiger partial charge on any atom is -0.457 e. The summed E-state index contributed by atoms with van der Waals surface area (Å²) in [6.45, 7) is 10.8. The fourth-order valence-corrected chi connectivity index (χ4v) is 5.75. The van der Waals surface area contributed by atoms with Crippen LogP contribution in [0, 0.1) is 5.92 Å². The molecule has 1 N–H and O–H groups in total. The minimum absolute atomic E-state index is 0. The van der Waals surface area contributed by atoms with Crippen molar-refractivity contribution in [1.29, 1.82) is 0 Å². The molecule has 2 fully saturated rings. The molecular weight excluding hydrogens is 486 g/mol. The van der Waals surface area contributed by atoms with E-state index in [-0.39, 0.29) is 30.3 Å². The van der Waals surface area contributed by atoms with Crippen LogP contribution in [-0.4, -0.2) is 52.3 Å². The molecule has 2 aromatic rings. The van der Waals surface area contributed by atoms with E-state index in [1.165, 1.54) is 5.56 Å². The third kappa shape index (κ3) is 6.66. The summed E-state index contributed by atoms with van der Waals surface area (Å²) in [7, 11) is 0. The molecule has 2 heterocycles. The zero-order chi connectivity index (χ0) is 25.7. The highest BCUT2D eigenvalue weighted by Crippen LogP contribution is 2.37. The van der Waals surface area contributed by atoms with Crippen LogP contribution in [0.3, 0.4) is 0 Å². The van der Waals surface area contributed by atoms with Gasteiger partial charge < -0.3 is 15.0 Å². The third-order valence-corrected chi connectivity index (χ3v) is 7.57. The molecule has 6 nitrogen and oxygen atoms in total. The summed E-state index contributed by atoms with van der Waals surface area (Å²) < 4.78 is 5.91. The van der Waals surface area contributed by atoms with Gasteiger partial charge in [-0.25, -0.2) is 0 Å². The number of carbonyl (C=O) groups excluding carboxylic acids is 2. The first-order chi connectivity index (χ1) is 17.3. The van der Waals surface area contributed by atoms with Gasteiger partial charge in [0.1, 0.15) is 23.1 Å². The number of nitrogens with one attached hydrogen (secondary N) is 1. The zero-order valence-electron chi connectivity index (χ0n) is 22.6. The van der Waals surface area contributed by atoms with E-state index in [9.17, 15) is 9.59 Å². The second-order valence-corrected chi connectivity index (χ2v) is 10.9. The molecule has 4 rings (SSSR count). The number of likely N-dealkylation sites (tertiary alicyclic amines) is 1. The van der Waals surface area contributed by atoms with Crippen LogP contribution in [0.1, 0.15) is 65.4 Å². The number of halogens is 1. The summed E-state index contributed by atoms with van der Waals surface area (Å²) in [6, 6.07) is 17.6. The van der Waals surface area contributed by atoms with Crippen LogP contribution in [0.4, 0.5) is 0 Å². The molecule has 2 aliphatic heterocycles. The lowest BCUT2D eigenvalue weighted by molar-refractivity contribution is -0.165. The number of para-hydroxylation sites is 1. The number of nitrogens with zero attached hydrogens (tertiary/aromatic N) is 2. The summed E-state index contributed by atoms with van der Waals surface area (Å²) >= 11 is 0. The molecule has 0 saturated carbocycles. The zero-order valence-corrected chi connectivity index (χ0v) is 23.4. The van der Waals surface area contributed by atoms with Gasteiger partial charge in [-0.15, -0.1) is 12.4 Å². The fraction of sp³-hybridized carbons (Fsp3) is 0.533. The maximum absolute atomic E-state index is 13.6. The van der Waals surface area contributed by atoms with Crippen molar-refractivity contribution < 1.29 is 14.3 Å². The second kappa shape index (κ2) is 12.8. The molecule has 2 saturated heterocycles. The van der Waals surface area contributed by atoms with Crippen molar-refractivity contribution in [2.45, 2.75) is 84.0 Å². The van der Waals surface area contributed by atoms with Gasteiger partial charge >= 0.3 is 0 Å². The lowest BCUT2D eigenvalue weighted by atomic mass is 9.79. The number of hydrogen-bond donors (Lipinski definition) is 1. The second-order valence-electron chi connectivity index (χ2n) is 10.9. The number of benzene rings is 2. The van der Waals surface area contributed by atoms with E-state index >= 15 is 0 Å².